The normalized spacial score (nSPS) is 18.9. The van der Waals surface area contributed by atoms with Crippen LogP contribution in [0.4, 0.5) is 11.6 Å². The third kappa shape index (κ3) is 3.41. The number of hydrogen-bond acceptors (Lipinski definition) is 2. The Morgan fingerprint density at radius 3 is 2.41 bits per heavy atom. The fourth-order valence-electron chi connectivity index (χ4n) is 3.36. The van der Waals surface area contributed by atoms with Gasteiger partial charge in [0.25, 0.3) is 5.91 Å². The van der Waals surface area contributed by atoms with Crippen LogP contribution in [0.2, 0.25) is 10.0 Å². The average Bonchev–Trinajstić information content (AvgIpc) is 3.05. The molecule has 3 aromatic rings. The maximum atomic E-state index is 13.5. The Hall–Kier alpha value is -1.09. The van der Waals surface area contributed by atoms with Gasteiger partial charge < -0.3 is 4.57 Å². The van der Waals surface area contributed by atoms with E-state index in [1.54, 1.807) is 23.1 Å². The summed E-state index contributed by atoms with van der Waals surface area (Å²) in [7, 11) is 0. The summed E-state index contributed by atoms with van der Waals surface area (Å²) in [6.07, 6.45) is 2.45. The average molecular weight is 577 g/mol. The number of aromatic nitrogens is 2. The van der Waals surface area contributed by atoms with E-state index in [-0.39, 0.29) is 5.91 Å². The molecular weight excluding hydrogens is 564 g/mol. The molecule has 138 valence electrons. The van der Waals surface area contributed by atoms with Crippen LogP contribution in [0.15, 0.2) is 53.1 Å². The fourth-order valence-corrected chi connectivity index (χ4v) is 4.63. The Morgan fingerprint density at radius 2 is 1.78 bits per heavy atom. The number of imidazole rings is 1. The Bertz CT molecular complexity index is 1030. The molecule has 0 bridgehead atoms. The van der Waals surface area contributed by atoms with Crippen LogP contribution in [0.1, 0.15) is 12.5 Å². The monoisotopic (exact) mass is 575 g/mol. The van der Waals surface area contributed by atoms with E-state index < -0.39 is 5.54 Å². The van der Waals surface area contributed by atoms with Gasteiger partial charge in [-0.05, 0) is 65.4 Å². The van der Waals surface area contributed by atoms with E-state index in [0.29, 0.717) is 28.1 Å². The van der Waals surface area contributed by atoms with Crippen molar-refractivity contribution in [1.29, 1.82) is 0 Å². The van der Waals surface area contributed by atoms with Crippen molar-refractivity contribution in [2.24, 2.45) is 0 Å². The third-order valence-electron chi connectivity index (χ3n) is 4.62. The minimum Gasteiger partial charge on any atom is -0.300 e. The number of nitrogens with zero attached hydrogens (tertiary/aromatic N) is 3. The highest BCUT2D eigenvalue weighted by molar-refractivity contribution is 14.1. The summed E-state index contributed by atoms with van der Waals surface area (Å²) in [4.78, 5) is 19.7. The van der Waals surface area contributed by atoms with E-state index >= 15 is 0 Å². The lowest BCUT2D eigenvalue weighted by Crippen LogP contribution is -2.40. The van der Waals surface area contributed by atoms with Gasteiger partial charge in [-0.2, -0.15) is 0 Å². The summed E-state index contributed by atoms with van der Waals surface area (Å²) in [6, 6.07) is 13.1. The van der Waals surface area contributed by atoms with E-state index in [1.165, 1.54) is 0 Å². The minimum atomic E-state index is -0.797. The molecule has 8 heteroatoms. The zero-order chi connectivity index (χ0) is 19.3. The number of halogens is 4. The van der Waals surface area contributed by atoms with Crippen LogP contribution in [-0.4, -0.2) is 15.5 Å². The van der Waals surface area contributed by atoms with Crippen LogP contribution in [-0.2, 0) is 16.8 Å². The molecule has 0 fully saturated rings. The van der Waals surface area contributed by atoms with Crippen LogP contribution in [0.25, 0.3) is 0 Å². The molecule has 4 nitrogen and oxygen atoms in total. The minimum absolute atomic E-state index is 0.0670. The first-order chi connectivity index (χ1) is 12.8. The lowest BCUT2D eigenvalue weighted by molar-refractivity contribution is -0.123. The van der Waals surface area contributed by atoms with Gasteiger partial charge in [0.15, 0.2) is 0 Å². The second-order valence-corrected chi connectivity index (χ2v) is 9.47. The summed E-state index contributed by atoms with van der Waals surface area (Å²) >= 11 is 17.9. The molecule has 4 rings (SSSR count). The Labute approximate surface area is 188 Å². The molecule has 1 amide bonds. The summed E-state index contributed by atoms with van der Waals surface area (Å²) < 4.78 is 3.76. The van der Waals surface area contributed by atoms with Gasteiger partial charge in [-0.1, -0.05) is 51.3 Å². The molecule has 0 radical (unpaired) electrons. The van der Waals surface area contributed by atoms with Crippen LogP contribution < -0.4 is 4.90 Å². The van der Waals surface area contributed by atoms with Gasteiger partial charge in [0.1, 0.15) is 9.24 Å². The third-order valence-corrected chi connectivity index (χ3v) is 6.11. The van der Waals surface area contributed by atoms with Crippen molar-refractivity contribution in [3.8, 4) is 0 Å². The molecule has 1 atom stereocenters. The van der Waals surface area contributed by atoms with E-state index in [9.17, 15) is 4.79 Å². The number of carbonyl (C=O) groups is 1. The van der Waals surface area contributed by atoms with E-state index in [0.717, 1.165) is 13.7 Å². The summed E-state index contributed by atoms with van der Waals surface area (Å²) in [5, 5.41) is 0.944. The lowest BCUT2D eigenvalue weighted by atomic mass is 9.92. The van der Waals surface area contributed by atoms with Crippen LogP contribution in [0.5, 0.6) is 0 Å². The van der Waals surface area contributed by atoms with Crippen molar-refractivity contribution in [1.82, 2.24) is 9.55 Å². The van der Waals surface area contributed by atoms with E-state index in [2.05, 4.69) is 43.5 Å². The van der Waals surface area contributed by atoms with Gasteiger partial charge in [0.2, 0.25) is 5.95 Å². The SMILES string of the molecule is CC1(Cc2ccc(Br)cc2)C(=O)N(c2cc(Cl)cc(Cl)c2)c2nc(I)cn21. The van der Waals surface area contributed by atoms with Crippen LogP contribution in [0.3, 0.4) is 0 Å². The van der Waals surface area contributed by atoms with Crippen LogP contribution in [0, 0.1) is 3.70 Å². The first-order valence-electron chi connectivity index (χ1n) is 8.08. The maximum Gasteiger partial charge on any atom is 0.260 e. The first kappa shape index (κ1) is 19.2. The molecule has 0 saturated carbocycles. The molecule has 0 saturated heterocycles. The zero-order valence-corrected chi connectivity index (χ0v) is 19.3. The molecule has 0 N–H and O–H groups in total. The number of carbonyl (C=O) groups excluding carboxylic acids is 1. The summed E-state index contributed by atoms with van der Waals surface area (Å²) in [6.45, 7) is 1.94. The molecule has 0 aliphatic carbocycles. The smallest absolute Gasteiger partial charge is 0.260 e. The fraction of sp³-hybridized carbons (Fsp3) is 0.158. The standard InChI is InChI=1S/C19H13BrCl2IN3O/c1-19(9-11-2-4-12(20)5-3-11)17(27)26(18-24-16(23)10-25(18)19)15-7-13(21)6-14(22)8-15/h2-8,10H,9H2,1H3. The van der Waals surface area contributed by atoms with Gasteiger partial charge in [-0.3, -0.25) is 4.79 Å². The summed E-state index contributed by atoms with van der Waals surface area (Å²) in [5.41, 5.74) is 0.879. The highest BCUT2D eigenvalue weighted by atomic mass is 127. The summed E-state index contributed by atoms with van der Waals surface area (Å²) in [5.74, 6) is 0.505. The van der Waals surface area contributed by atoms with E-state index in [4.69, 9.17) is 23.2 Å². The Morgan fingerprint density at radius 1 is 1.15 bits per heavy atom. The van der Waals surface area contributed by atoms with Crippen LogP contribution >= 0.6 is 61.7 Å². The van der Waals surface area contributed by atoms with Gasteiger partial charge in [-0.15, -0.1) is 0 Å². The van der Waals surface area contributed by atoms with Gasteiger partial charge >= 0.3 is 0 Å². The molecule has 2 aromatic carbocycles. The molecule has 27 heavy (non-hydrogen) atoms. The highest BCUT2D eigenvalue weighted by Crippen LogP contribution is 2.42. The number of rotatable bonds is 3. The number of anilines is 2. The zero-order valence-electron chi connectivity index (χ0n) is 14.1. The van der Waals surface area contributed by atoms with Crippen molar-refractivity contribution in [2.75, 3.05) is 4.90 Å². The largest absolute Gasteiger partial charge is 0.300 e. The predicted molar refractivity (Wildman–Crippen MR) is 120 cm³/mol. The quantitative estimate of drug-likeness (QED) is 0.349. The van der Waals surface area contributed by atoms with E-state index in [1.807, 2.05) is 42.0 Å². The molecule has 1 aliphatic rings. The second-order valence-electron chi connectivity index (χ2n) is 6.58. The van der Waals surface area contributed by atoms with Crippen molar-refractivity contribution in [2.45, 2.75) is 18.9 Å². The molecule has 1 aromatic heterocycles. The highest BCUT2D eigenvalue weighted by Gasteiger charge is 2.49. The predicted octanol–water partition coefficient (Wildman–Crippen LogP) is 6.19. The van der Waals surface area contributed by atoms with Crippen molar-refractivity contribution < 1.29 is 4.79 Å². The Balaban J connectivity index is 1.82. The molecule has 2 heterocycles. The number of fused-ring (bicyclic) bond motifs is 1. The number of benzene rings is 2. The Kier molecular flexibility index (Phi) is 5.03. The number of amides is 1. The topological polar surface area (TPSA) is 38.1 Å². The van der Waals surface area contributed by atoms with Gasteiger partial charge in [0, 0.05) is 27.1 Å². The van der Waals surface area contributed by atoms with Gasteiger partial charge in [-0.25, -0.2) is 9.88 Å². The molecule has 1 unspecified atom stereocenters. The van der Waals surface area contributed by atoms with Gasteiger partial charge in [0.05, 0.1) is 5.69 Å². The second kappa shape index (κ2) is 7.06. The van der Waals surface area contributed by atoms with Crippen molar-refractivity contribution >= 4 is 79.3 Å². The lowest BCUT2D eigenvalue weighted by Gasteiger charge is -2.25. The molecular formula is C19H13BrCl2IN3O. The number of hydrogen-bond donors (Lipinski definition) is 0. The first-order valence-corrected chi connectivity index (χ1v) is 10.7. The molecule has 0 spiro atoms. The maximum absolute atomic E-state index is 13.5. The van der Waals surface area contributed by atoms with Crippen molar-refractivity contribution in [3.63, 3.8) is 0 Å². The van der Waals surface area contributed by atoms with Crippen molar-refractivity contribution in [3.05, 3.63) is 72.4 Å². The molecule has 1 aliphatic heterocycles.